The van der Waals surface area contributed by atoms with Crippen LogP contribution in [-0.4, -0.2) is 12.1 Å². The summed E-state index contributed by atoms with van der Waals surface area (Å²) >= 11 is 3.46. The fraction of sp³-hybridized carbons (Fsp3) is 0.280. The zero-order valence-electron chi connectivity index (χ0n) is 17.4. The lowest BCUT2D eigenvalue weighted by atomic mass is 9.86. The van der Waals surface area contributed by atoms with Crippen molar-refractivity contribution in [1.29, 1.82) is 0 Å². The van der Waals surface area contributed by atoms with E-state index in [-0.39, 0.29) is 23.2 Å². The maximum Gasteiger partial charge on any atom is 0.243 e. The van der Waals surface area contributed by atoms with Crippen LogP contribution in [0.4, 0.5) is 0 Å². The first kappa shape index (κ1) is 20.6. The number of hydrazone groups is 1. The van der Waals surface area contributed by atoms with Crippen molar-refractivity contribution in [2.75, 3.05) is 0 Å². The van der Waals surface area contributed by atoms with E-state index in [2.05, 4.69) is 71.5 Å². The minimum absolute atomic E-state index is 0.0172. The van der Waals surface area contributed by atoms with Crippen molar-refractivity contribution in [3.8, 4) is 11.3 Å². The molecule has 1 N–H and O–H groups in total. The number of hydrogen-bond acceptors (Lipinski definition) is 3. The Labute approximate surface area is 185 Å². The molecule has 1 aliphatic carbocycles. The van der Waals surface area contributed by atoms with Crippen LogP contribution in [0.5, 0.6) is 0 Å². The van der Waals surface area contributed by atoms with E-state index in [4.69, 9.17) is 4.42 Å². The maximum atomic E-state index is 12.4. The monoisotopic (exact) mass is 464 g/mol. The first-order valence-corrected chi connectivity index (χ1v) is 10.9. The molecule has 1 aromatic heterocycles. The first-order chi connectivity index (χ1) is 14.3. The summed E-state index contributed by atoms with van der Waals surface area (Å²) in [5.74, 6) is 1.56. The highest BCUT2D eigenvalue weighted by Gasteiger charge is 2.44. The van der Waals surface area contributed by atoms with Gasteiger partial charge in [-0.3, -0.25) is 4.79 Å². The van der Waals surface area contributed by atoms with E-state index in [0.29, 0.717) is 5.76 Å². The molecule has 4 rings (SSSR count). The van der Waals surface area contributed by atoms with Gasteiger partial charge >= 0.3 is 0 Å². The molecule has 1 fully saturated rings. The Balaban J connectivity index is 1.32. The molecule has 3 aromatic rings. The number of benzene rings is 2. The van der Waals surface area contributed by atoms with Crippen LogP contribution < -0.4 is 5.43 Å². The second-order valence-electron chi connectivity index (χ2n) is 8.77. The molecule has 0 aliphatic heterocycles. The van der Waals surface area contributed by atoms with Crippen molar-refractivity contribution >= 4 is 28.1 Å². The Morgan fingerprint density at radius 3 is 2.60 bits per heavy atom. The van der Waals surface area contributed by atoms with E-state index in [1.165, 1.54) is 17.3 Å². The Kier molecular flexibility index (Phi) is 5.65. The molecule has 30 heavy (non-hydrogen) atoms. The predicted octanol–water partition coefficient (Wildman–Crippen LogP) is 6.26. The van der Waals surface area contributed by atoms with E-state index in [1.807, 2.05) is 36.4 Å². The third-order valence-electron chi connectivity index (χ3n) is 5.43. The summed E-state index contributed by atoms with van der Waals surface area (Å²) in [4.78, 5) is 12.4. The van der Waals surface area contributed by atoms with Crippen LogP contribution >= 0.6 is 15.9 Å². The highest BCUT2D eigenvalue weighted by molar-refractivity contribution is 9.10. The third-order valence-corrected chi connectivity index (χ3v) is 5.93. The molecule has 1 saturated carbocycles. The molecule has 0 saturated heterocycles. The molecule has 154 valence electrons. The molecule has 1 aliphatic rings. The van der Waals surface area contributed by atoms with Crippen LogP contribution in [0, 0.1) is 5.92 Å². The minimum atomic E-state index is -0.0464. The van der Waals surface area contributed by atoms with Crippen molar-refractivity contribution in [2.45, 2.75) is 38.5 Å². The van der Waals surface area contributed by atoms with Crippen molar-refractivity contribution in [3.63, 3.8) is 0 Å². The minimum Gasteiger partial charge on any atom is -0.455 e. The number of nitrogens with zero attached hydrogens (tertiary/aromatic N) is 1. The lowest BCUT2D eigenvalue weighted by Gasteiger charge is -2.19. The second kappa shape index (κ2) is 8.23. The highest BCUT2D eigenvalue weighted by atomic mass is 79.9. The highest BCUT2D eigenvalue weighted by Crippen LogP contribution is 2.47. The second-order valence-corrected chi connectivity index (χ2v) is 9.68. The molecule has 0 spiro atoms. The molecule has 0 radical (unpaired) electrons. The topological polar surface area (TPSA) is 54.6 Å². The molecule has 2 aromatic carbocycles. The standard InChI is InChI=1S/C25H25BrN2O2/c1-25(2,3)18-9-7-16(8-10-18)21-14-22(21)24(29)28-27-15-20-11-12-23(30-20)17-5-4-6-19(26)13-17/h4-13,15,21-22H,14H2,1-3H3,(H,28,29)/t21-,22+/m0/s1. The maximum absolute atomic E-state index is 12.4. The molecule has 0 unspecified atom stereocenters. The quantitative estimate of drug-likeness (QED) is 0.357. The summed E-state index contributed by atoms with van der Waals surface area (Å²) < 4.78 is 6.78. The Morgan fingerprint density at radius 1 is 1.13 bits per heavy atom. The van der Waals surface area contributed by atoms with Gasteiger partial charge in [-0.1, -0.05) is 73.1 Å². The number of furan rings is 1. The fourth-order valence-electron chi connectivity index (χ4n) is 3.55. The van der Waals surface area contributed by atoms with Crippen LogP contribution in [-0.2, 0) is 10.2 Å². The summed E-state index contributed by atoms with van der Waals surface area (Å²) in [6.45, 7) is 6.61. The van der Waals surface area contributed by atoms with Gasteiger partial charge in [-0.05, 0) is 53.1 Å². The van der Waals surface area contributed by atoms with E-state index in [1.54, 1.807) is 0 Å². The van der Waals surface area contributed by atoms with Gasteiger partial charge in [-0.15, -0.1) is 0 Å². The van der Waals surface area contributed by atoms with Gasteiger partial charge in [0.2, 0.25) is 5.91 Å². The van der Waals surface area contributed by atoms with Gasteiger partial charge in [0.05, 0.1) is 6.21 Å². The van der Waals surface area contributed by atoms with E-state index >= 15 is 0 Å². The van der Waals surface area contributed by atoms with Gasteiger partial charge in [-0.2, -0.15) is 5.10 Å². The fourth-order valence-corrected chi connectivity index (χ4v) is 3.94. The Bertz CT molecular complexity index is 1080. The van der Waals surface area contributed by atoms with Crippen LogP contribution in [0.1, 0.15) is 50.0 Å². The number of hydrogen-bond donors (Lipinski definition) is 1. The van der Waals surface area contributed by atoms with Crippen LogP contribution in [0.3, 0.4) is 0 Å². The van der Waals surface area contributed by atoms with Crippen molar-refractivity contribution < 1.29 is 9.21 Å². The predicted molar refractivity (Wildman–Crippen MR) is 124 cm³/mol. The summed E-state index contributed by atoms with van der Waals surface area (Å²) in [6, 6.07) is 20.2. The zero-order chi connectivity index (χ0) is 21.3. The number of carbonyl (C=O) groups excluding carboxylic acids is 1. The largest absolute Gasteiger partial charge is 0.455 e. The summed E-state index contributed by atoms with van der Waals surface area (Å²) in [5.41, 5.74) is 6.29. The third kappa shape index (κ3) is 4.73. The van der Waals surface area contributed by atoms with Gasteiger partial charge in [-0.25, -0.2) is 5.43 Å². The molecule has 0 bridgehead atoms. The summed E-state index contributed by atoms with van der Waals surface area (Å²) in [6.07, 6.45) is 2.40. The van der Waals surface area contributed by atoms with Gasteiger partial charge in [0.15, 0.2) is 0 Å². The lowest BCUT2D eigenvalue weighted by molar-refractivity contribution is -0.122. The van der Waals surface area contributed by atoms with Gasteiger partial charge in [0.1, 0.15) is 11.5 Å². The molecule has 4 nitrogen and oxygen atoms in total. The molecule has 2 atom stereocenters. The van der Waals surface area contributed by atoms with Crippen LogP contribution in [0.2, 0.25) is 0 Å². The zero-order valence-corrected chi connectivity index (χ0v) is 18.9. The molecule has 1 amide bonds. The molecule has 1 heterocycles. The number of rotatable bonds is 5. The summed E-state index contributed by atoms with van der Waals surface area (Å²) in [5, 5.41) is 4.07. The van der Waals surface area contributed by atoms with Gasteiger partial charge < -0.3 is 4.42 Å². The number of nitrogens with one attached hydrogen (secondary N) is 1. The average Bonchev–Trinajstić information content (AvgIpc) is 3.38. The Morgan fingerprint density at radius 2 is 1.90 bits per heavy atom. The molecular formula is C25H25BrN2O2. The normalized spacial score (nSPS) is 18.5. The Hall–Kier alpha value is -2.66. The van der Waals surface area contributed by atoms with Crippen molar-refractivity contribution in [1.82, 2.24) is 5.43 Å². The first-order valence-electron chi connectivity index (χ1n) is 10.1. The molecular weight excluding hydrogens is 440 g/mol. The SMILES string of the molecule is CC(C)(C)c1ccc([C@@H]2C[C@H]2C(=O)NN=Cc2ccc(-c3cccc(Br)c3)o2)cc1. The lowest BCUT2D eigenvalue weighted by Crippen LogP contribution is -2.20. The molecule has 5 heteroatoms. The van der Waals surface area contributed by atoms with E-state index < -0.39 is 0 Å². The van der Waals surface area contributed by atoms with Gasteiger partial charge in [0.25, 0.3) is 0 Å². The van der Waals surface area contributed by atoms with Crippen molar-refractivity contribution in [3.05, 3.63) is 82.0 Å². The number of amides is 1. The summed E-state index contributed by atoms with van der Waals surface area (Å²) in [7, 11) is 0. The van der Waals surface area contributed by atoms with Gasteiger partial charge in [0, 0.05) is 16.0 Å². The number of halogens is 1. The van der Waals surface area contributed by atoms with E-state index in [9.17, 15) is 4.79 Å². The smallest absolute Gasteiger partial charge is 0.243 e. The van der Waals surface area contributed by atoms with Crippen molar-refractivity contribution in [2.24, 2.45) is 11.0 Å². The van der Waals surface area contributed by atoms with Crippen LogP contribution in [0.25, 0.3) is 11.3 Å². The number of carbonyl (C=O) groups is 1. The van der Waals surface area contributed by atoms with Crippen LogP contribution in [0.15, 0.2) is 74.7 Å². The average molecular weight is 465 g/mol. The van der Waals surface area contributed by atoms with E-state index in [0.717, 1.165) is 22.2 Å².